The van der Waals surface area contributed by atoms with E-state index in [0.717, 1.165) is 67.1 Å². The summed E-state index contributed by atoms with van der Waals surface area (Å²) in [7, 11) is 0. The normalized spacial score (nSPS) is 13.0. The van der Waals surface area contributed by atoms with E-state index in [2.05, 4.69) is 291 Å². The first-order chi connectivity index (χ1) is 41.0. The molecule has 17 rings (SSSR count). The number of imidazole rings is 1. The number of ether oxygens (including phenoxy) is 1. The molecule has 0 saturated carbocycles. The number of fused-ring (bicyclic) bond motifs is 16. The van der Waals surface area contributed by atoms with Gasteiger partial charge in [0.05, 0.1) is 66.5 Å². The van der Waals surface area contributed by atoms with Crippen LogP contribution < -0.4 is 9.30 Å². The average molecular weight is 1100 g/mol. The highest BCUT2D eigenvalue weighted by Gasteiger charge is 2.26. The van der Waals surface area contributed by atoms with E-state index in [0.29, 0.717) is 0 Å². The molecule has 7 nitrogen and oxygen atoms in total. The van der Waals surface area contributed by atoms with Crippen molar-refractivity contribution in [3.05, 3.63) is 235 Å². The molecule has 7 heterocycles. The predicted molar refractivity (Wildman–Crippen MR) is 353 cm³/mol. The van der Waals surface area contributed by atoms with Gasteiger partial charge in [-0.1, -0.05) is 165 Å². The van der Waals surface area contributed by atoms with Crippen LogP contribution in [0.2, 0.25) is 0 Å². The fourth-order valence-corrected chi connectivity index (χ4v) is 14.0. The minimum atomic E-state index is -0.0712. The molecule has 0 aliphatic carbocycles. The molecule has 0 fully saturated rings. The fraction of sp³-hybridized carbons (Fsp3) is 0.154. The molecular weight excluding hydrogens is 1040 g/mol. The zero-order chi connectivity index (χ0) is 57.6. The predicted octanol–water partition coefficient (Wildman–Crippen LogP) is 19.9. The number of nitrogens with zero attached hydrogens (tertiary/aromatic N) is 6. The Hall–Kier alpha value is -9.98. The minimum absolute atomic E-state index is 0.0244. The highest BCUT2D eigenvalue weighted by Crippen LogP contribution is 2.46. The van der Waals surface area contributed by atoms with Crippen LogP contribution in [0.15, 0.2) is 212 Å². The Kier molecular flexibility index (Phi) is 10.1. The molecule has 10 aromatic carbocycles. The molecule has 410 valence electrons. The topological polar surface area (TPSA) is 44.7 Å². The van der Waals surface area contributed by atoms with Gasteiger partial charge in [-0.25, -0.2) is 4.98 Å². The summed E-state index contributed by atoms with van der Waals surface area (Å²) in [4.78, 5) is 5.07. The molecule has 17 aromatic rings. The number of hydrogen-bond acceptors (Lipinski definition) is 2. The van der Waals surface area contributed by atoms with Crippen molar-refractivity contribution in [2.45, 2.75) is 78.6 Å². The maximum absolute atomic E-state index is 6.92. The largest absolute Gasteiger partial charge is 0.458 e. The van der Waals surface area contributed by atoms with Crippen molar-refractivity contribution in [1.82, 2.24) is 22.9 Å². The van der Waals surface area contributed by atoms with E-state index in [4.69, 9.17) is 9.72 Å². The second kappa shape index (κ2) is 17.3. The van der Waals surface area contributed by atoms with Crippen LogP contribution in [0.3, 0.4) is 0 Å². The fourth-order valence-electron chi connectivity index (χ4n) is 14.0. The SMILES string of the molecule is CC(C)(C)c1cc(-[n+]2[c-]n(-c3cccc(Oc4ccc5c6cc(-c7ccc8c(c7)c7cccc9c%10cc%11c(cc%10n8c79)c7cccc8c9ccccc9n%11c87)ccc6n(-c6cc(C(C)(C)C)ccn6)c5c4)c3)c3ccccc32)cc(C(C)(C)C)c1. The smallest absolute Gasteiger partial charge is 0.269 e. The van der Waals surface area contributed by atoms with Crippen LogP contribution in [0.4, 0.5) is 0 Å². The monoisotopic (exact) mass is 1100 g/mol. The van der Waals surface area contributed by atoms with Gasteiger partial charge in [-0.15, -0.1) is 0 Å². The molecule has 7 aromatic heterocycles. The maximum Gasteiger partial charge on any atom is 0.269 e. The Bertz CT molecular complexity index is 5610. The molecule has 0 aliphatic rings. The van der Waals surface area contributed by atoms with Crippen LogP contribution in [-0.2, 0) is 16.2 Å². The van der Waals surface area contributed by atoms with Crippen LogP contribution in [0.5, 0.6) is 11.5 Å². The van der Waals surface area contributed by atoms with E-state index in [9.17, 15) is 0 Å². The third kappa shape index (κ3) is 7.32. The molecule has 0 atom stereocenters. The van der Waals surface area contributed by atoms with Gasteiger partial charge in [-0.3, -0.25) is 13.7 Å². The van der Waals surface area contributed by atoms with E-state index < -0.39 is 0 Å². The standard InChI is InChI=1S/C78H62N6O/c1-76(2,3)48-33-34-79-73(40-48)82-66-31-27-46(47-28-32-67-62(36-47)58-21-16-23-60-64-43-71-63(44-72(64)84(67)75(58)60)59-22-15-20-57-55-19-10-11-24-65(55)83(71)74(57)59)35-61(66)56-30-29-54(42-70(56)82)85-53-18-14-17-51(41-53)80-45-81(69-26-13-12-25-68(69)80)52-38-49(77(4,5)6)37-50(39-52)78(7,8)9/h10-44H,1-9H3. The highest BCUT2D eigenvalue weighted by molar-refractivity contribution is 6.29. The number of para-hydroxylation sites is 5. The number of hydrogen-bond donors (Lipinski definition) is 0. The third-order valence-electron chi connectivity index (χ3n) is 18.4. The van der Waals surface area contributed by atoms with Crippen LogP contribution in [0.25, 0.3) is 137 Å². The average Bonchev–Trinajstić information content (AvgIpc) is 1.55. The molecule has 0 saturated heterocycles. The van der Waals surface area contributed by atoms with Gasteiger partial charge in [-0.2, -0.15) is 0 Å². The molecule has 0 aliphatic heterocycles. The quantitative estimate of drug-likeness (QED) is 0.123. The number of rotatable bonds is 6. The number of pyridine rings is 1. The van der Waals surface area contributed by atoms with Gasteiger partial charge in [0.15, 0.2) is 0 Å². The highest BCUT2D eigenvalue weighted by atomic mass is 16.5. The van der Waals surface area contributed by atoms with Crippen LogP contribution in [0, 0.1) is 6.33 Å². The van der Waals surface area contributed by atoms with Gasteiger partial charge >= 0.3 is 0 Å². The van der Waals surface area contributed by atoms with E-state index in [1.807, 2.05) is 12.3 Å². The van der Waals surface area contributed by atoms with Crippen molar-refractivity contribution in [2.24, 2.45) is 0 Å². The van der Waals surface area contributed by atoms with Crippen LogP contribution in [0.1, 0.15) is 79.0 Å². The second-order valence-corrected chi connectivity index (χ2v) is 26.7. The van der Waals surface area contributed by atoms with Crippen molar-refractivity contribution in [1.29, 1.82) is 0 Å². The first-order valence-corrected chi connectivity index (χ1v) is 29.8. The molecular formula is C78H62N6O. The van der Waals surface area contributed by atoms with Crippen molar-refractivity contribution in [2.75, 3.05) is 0 Å². The summed E-state index contributed by atoms with van der Waals surface area (Å²) < 4.78 is 18.6. The number of aromatic nitrogens is 6. The molecule has 0 unspecified atom stereocenters. The molecule has 0 amide bonds. The lowest BCUT2D eigenvalue weighted by atomic mass is 9.80. The van der Waals surface area contributed by atoms with Gasteiger partial charge in [0, 0.05) is 66.1 Å². The summed E-state index contributed by atoms with van der Waals surface area (Å²) >= 11 is 0. The summed E-state index contributed by atoms with van der Waals surface area (Å²) in [5.74, 6) is 2.34. The molecule has 0 N–H and O–H groups in total. The Balaban J connectivity index is 0.775. The first-order valence-electron chi connectivity index (χ1n) is 29.8. The molecule has 85 heavy (non-hydrogen) atoms. The van der Waals surface area contributed by atoms with Crippen molar-refractivity contribution < 1.29 is 9.30 Å². The molecule has 7 heteroatoms. The lowest BCUT2D eigenvalue weighted by molar-refractivity contribution is -0.572. The van der Waals surface area contributed by atoms with Crippen LogP contribution >= 0.6 is 0 Å². The van der Waals surface area contributed by atoms with Gasteiger partial charge in [0.2, 0.25) is 0 Å². The lowest BCUT2D eigenvalue weighted by Crippen LogP contribution is -2.31. The zero-order valence-electron chi connectivity index (χ0n) is 49.3. The molecule has 0 spiro atoms. The van der Waals surface area contributed by atoms with Crippen molar-refractivity contribution in [3.63, 3.8) is 0 Å². The lowest BCUT2D eigenvalue weighted by Gasteiger charge is -2.26. The van der Waals surface area contributed by atoms with Gasteiger partial charge in [-0.05, 0) is 141 Å². The van der Waals surface area contributed by atoms with Crippen molar-refractivity contribution in [3.8, 4) is 39.8 Å². The first kappa shape index (κ1) is 49.6. The summed E-state index contributed by atoms with van der Waals surface area (Å²) in [6.07, 6.45) is 5.72. The third-order valence-corrected chi connectivity index (χ3v) is 18.4. The van der Waals surface area contributed by atoms with E-state index in [-0.39, 0.29) is 16.2 Å². The van der Waals surface area contributed by atoms with Gasteiger partial charge < -0.3 is 13.5 Å². The summed E-state index contributed by atoms with van der Waals surface area (Å²) in [6.45, 7) is 20.5. The van der Waals surface area contributed by atoms with E-state index in [1.165, 1.54) is 98.4 Å². The Morgan fingerprint density at radius 1 is 0.376 bits per heavy atom. The Morgan fingerprint density at radius 3 is 1.56 bits per heavy atom. The van der Waals surface area contributed by atoms with Gasteiger partial charge in [0.1, 0.15) is 17.3 Å². The molecule has 0 bridgehead atoms. The van der Waals surface area contributed by atoms with Crippen molar-refractivity contribution >= 4 is 109 Å². The minimum Gasteiger partial charge on any atom is -0.458 e. The summed E-state index contributed by atoms with van der Waals surface area (Å²) in [5.41, 5.74) is 19.9. The summed E-state index contributed by atoms with van der Waals surface area (Å²) in [5, 5.41) is 12.5. The molecule has 0 radical (unpaired) electrons. The summed E-state index contributed by atoms with van der Waals surface area (Å²) in [6, 6.07) is 76.1. The van der Waals surface area contributed by atoms with E-state index in [1.54, 1.807) is 0 Å². The van der Waals surface area contributed by atoms with E-state index >= 15 is 0 Å². The Labute approximate surface area is 492 Å². The Morgan fingerprint density at radius 2 is 0.906 bits per heavy atom. The van der Waals surface area contributed by atoms with Crippen LogP contribution in [-0.4, -0.2) is 22.9 Å². The number of benzene rings is 10. The zero-order valence-corrected chi connectivity index (χ0v) is 49.3. The second-order valence-electron chi connectivity index (χ2n) is 26.7. The maximum atomic E-state index is 6.92. The van der Waals surface area contributed by atoms with Gasteiger partial charge in [0.25, 0.3) is 6.33 Å².